The van der Waals surface area contributed by atoms with E-state index in [2.05, 4.69) is 25.1 Å². The van der Waals surface area contributed by atoms with E-state index in [1.165, 1.54) is 0 Å². The lowest BCUT2D eigenvalue weighted by Crippen LogP contribution is -2.38. The molecule has 9 nitrogen and oxygen atoms in total. The van der Waals surface area contributed by atoms with Crippen molar-refractivity contribution in [3.8, 4) is 11.4 Å². The highest BCUT2D eigenvalue weighted by Gasteiger charge is 2.25. The van der Waals surface area contributed by atoms with Crippen molar-refractivity contribution >= 4 is 16.8 Å². The van der Waals surface area contributed by atoms with Crippen molar-refractivity contribution in [1.82, 2.24) is 30.0 Å². The molecule has 0 radical (unpaired) electrons. The van der Waals surface area contributed by atoms with Gasteiger partial charge in [0.05, 0.1) is 0 Å². The monoisotopic (exact) mass is 430 g/mol. The molecule has 1 saturated heterocycles. The highest BCUT2D eigenvalue weighted by atomic mass is 16.5. The van der Waals surface area contributed by atoms with Gasteiger partial charge in [0.2, 0.25) is 17.6 Å². The summed E-state index contributed by atoms with van der Waals surface area (Å²) in [6, 6.07) is 9.40. The summed E-state index contributed by atoms with van der Waals surface area (Å²) in [6.45, 7) is 1.31. The lowest BCUT2D eigenvalue weighted by Gasteiger charge is -2.32. The molecule has 0 aromatic carbocycles. The molecular formula is C23H22N6O3. The van der Waals surface area contributed by atoms with E-state index in [9.17, 15) is 9.59 Å². The van der Waals surface area contributed by atoms with Crippen LogP contribution in [0.2, 0.25) is 0 Å². The summed E-state index contributed by atoms with van der Waals surface area (Å²) >= 11 is 0. The van der Waals surface area contributed by atoms with Gasteiger partial charge in [-0.2, -0.15) is 4.98 Å². The lowest BCUT2D eigenvalue weighted by molar-refractivity contribution is -0.132. The van der Waals surface area contributed by atoms with Crippen LogP contribution in [0.15, 0.2) is 58.2 Å². The van der Waals surface area contributed by atoms with E-state index in [-0.39, 0.29) is 17.4 Å². The zero-order valence-electron chi connectivity index (χ0n) is 17.4. The van der Waals surface area contributed by atoms with Crippen LogP contribution in [-0.4, -0.2) is 49.0 Å². The van der Waals surface area contributed by atoms with Crippen LogP contribution in [0.1, 0.15) is 36.8 Å². The van der Waals surface area contributed by atoms with E-state index in [0.717, 1.165) is 29.5 Å². The van der Waals surface area contributed by atoms with Crippen LogP contribution in [0.3, 0.4) is 0 Å². The van der Waals surface area contributed by atoms with Gasteiger partial charge in [-0.25, -0.2) is 0 Å². The molecule has 0 spiro atoms. The molecule has 0 saturated carbocycles. The third-order valence-electron chi connectivity index (χ3n) is 5.85. The lowest BCUT2D eigenvalue weighted by atomic mass is 9.92. The minimum absolute atomic E-state index is 0.0702. The smallest absolute Gasteiger partial charge is 0.274 e. The number of H-pyrrole nitrogens is 1. The first kappa shape index (κ1) is 20.0. The summed E-state index contributed by atoms with van der Waals surface area (Å²) in [5.41, 5.74) is 1.98. The Morgan fingerprint density at radius 3 is 2.84 bits per heavy atom. The third kappa shape index (κ3) is 4.14. The Bertz CT molecular complexity index is 1290. The van der Waals surface area contributed by atoms with Gasteiger partial charge in [0.15, 0.2) is 0 Å². The van der Waals surface area contributed by atoms with E-state index in [1.807, 2.05) is 35.2 Å². The molecule has 1 amide bonds. The molecule has 9 heteroatoms. The molecule has 0 unspecified atom stereocenters. The van der Waals surface area contributed by atoms with E-state index in [4.69, 9.17) is 4.52 Å². The SMILES string of the molecule is O=C(CCc1nc(-c2cccnc2)no1)N1CCC(c2cc3cccnc3c(=O)[nH]2)CC1. The molecule has 1 aliphatic rings. The number of aromatic amines is 1. The first-order chi connectivity index (χ1) is 15.7. The van der Waals surface area contributed by atoms with Gasteiger partial charge in [0.25, 0.3) is 5.56 Å². The Balaban J connectivity index is 1.17. The molecule has 5 rings (SSSR count). The van der Waals surface area contributed by atoms with Crippen molar-refractivity contribution < 1.29 is 9.32 Å². The summed E-state index contributed by atoms with van der Waals surface area (Å²) in [4.78, 5) is 42.4. The van der Waals surface area contributed by atoms with E-state index >= 15 is 0 Å². The second kappa shape index (κ2) is 8.70. The van der Waals surface area contributed by atoms with Gasteiger partial charge in [-0.1, -0.05) is 11.2 Å². The van der Waals surface area contributed by atoms with Crippen molar-refractivity contribution in [1.29, 1.82) is 0 Å². The number of hydrogen-bond acceptors (Lipinski definition) is 7. The van der Waals surface area contributed by atoms with Crippen molar-refractivity contribution in [2.45, 2.75) is 31.6 Å². The van der Waals surface area contributed by atoms with Gasteiger partial charge in [-0.15, -0.1) is 0 Å². The minimum atomic E-state index is -0.165. The maximum absolute atomic E-state index is 12.7. The fraction of sp³-hybridized carbons (Fsp3) is 0.304. The van der Waals surface area contributed by atoms with Gasteiger partial charge in [0.1, 0.15) is 5.52 Å². The largest absolute Gasteiger partial charge is 0.343 e. The number of likely N-dealkylation sites (tertiary alicyclic amines) is 1. The quantitative estimate of drug-likeness (QED) is 0.517. The number of rotatable bonds is 5. The number of pyridine rings is 3. The van der Waals surface area contributed by atoms with Crippen LogP contribution in [0.4, 0.5) is 0 Å². The van der Waals surface area contributed by atoms with Crippen molar-refractivity contribution in [3.05, 3.63) is 70.9 Å². The standard InChI is InChI=1S/C23H22N6O3/c30-20(6-5-19-27-22(28-32-19)17-4-1-9-24-14-17)29-11-7-15(8-12-29)18-13-16-3-2-10-25-21(16)23(31)26-18/h1-4,9-10,13-15H,5-8,11-12H2,(H,26,31). The minimum Gasteiger partial charge on any atom is -0.343 e. The first-order valence-electron chi connectivity index (χ1n) is 10.7. The summed E-state index contributed by atoms with van der Waals surface area (Å²) < 4.78 is 5.28. The van der Waals surface area contributed by atoms with Gasteiger partial charge >= 0.3 is 0 Å². The average Bonchev–Trinajstić information content (AvgIpc) is 3.32. The first-order valence-corrected chi connectivity index (χ1v) is 10.7. The predicted octanol–water partition coefficient (Wildman–Crippen LogP) is 2.71. The van der Waals surface area contributed by atoms with Crippen LogP contribution in [0.5, 0.6) is 0 Å². The highest BCUT2D eigenvalue weighted by molar-refractivity contribution is 5.78. The van der Waals surface area contributed by atoms with Crippen molar-refractivity contribution in [3.63, 3.8) is 0 Å². The van der Waals surface area contributed by atoms with Crippen LogP contribution in [0, 0.1) is 0 Å². The molecule has 4 aromatic heterocycles. The number of fused-ring (bicyclic) bond motifs is 1. The van der Waals surface area contributed by atoms with E-state index < -0.39 is 0 Å². The molecule has 5 heterocycles. The zero-order valence-corrected chi connectivity index (χ0v) is 17.4. The Morgan fingerprint density at radius 1 is 1.19 bits per heavy atom. The summed E-state index contributed by atoms with van der Waals surface area (Å²) in [6.07, 6.45) is 7.30. The van der Waals surface area contributed by atoms with Crippen molar-refractivity contribution in [2.24, 2.45) is 0 Å². The number of carbonyl (C=O) groups is 1. The van der Waals surface area contributed by atoms with Crippen molar-refractivity contribution in [2.75, 3.05) is 13.1 Å². The maximum atomic E-state index is 12.7. The number of amides is 1. The molecule has 0 aliphatic carbocycles. The summed E-state index contributed by atoms with van der Waals surface area (Å²) in [5, 5.41) is 4.81. The van der Waals surface area contributed by atoms with Gasteiger partial charge < -0.3 is 14.4 Å². The molecule has 32 heavy (non-hydrogen) atoms. The number of nitrogens with one attached hydrogen (secondary N) is 1. The Kier molecular flexibility index (Phi) is 5.45. The van der Waals surface area contributed by atoms with Gasteiger partial charge in [0, 0.05) is 67.1 Å². The Morgan fingerprint density at radius 2 is 2.03 bits per heavy atom. The number of hydrogen-bond donors (Lipinski definition) is 1. The zero-order chi connectivity index (χ0) is 21.9. The molecule has 1 fully saturated rings. The molecule has 0 bridgehead atoms. The fourth-order valence-electron chi connectivity index (χ4n) is 4.12. The van der Waals surface area contributed by atoms with Crippen LogP contribution >= 0.6 is 0 Å². The molecular weight excluding hydrogens is 408 g/mol. The number of nitrogens with zero attached hydrogens (tertiary/aromatic N) is 5. The normalized spacial score (nSPS) is 14.7. The van der Waals surface area contributed by atoms with E-state index in [0.29, 0.717) is 43.2 Å². The summed E-state index contributed by atoms with van der Waals surface area (Å²) in [7, 11) is 0. The topological polar surface area (TPSA) is 118 Å². The maximum Gasteiger partial charge on any atom is 0.274 e. The second-order valence-electron chi connectivity index (χ2n) is 7.90. The van der Waals surface area contributed by atoms with Gasteiger partial charge in [-0.3, -0.25) is 19.6 Å². The molecule has 4 aromatic rings. The van der Waals surface area contributed by atoms with Gasteiger partial charge in [-0.05, 0) is 37.1 Å². The highest BCUT2D eigenvalue weighted by Crippen LogP contribution is 2.28. The number of aromatic nitrogens is 5. The Labute approximate surface area is 183 Å². The van der Waals surface area contributed by atoms with Crippen LogP contribution < -0.4 is 5.56 Å². The molecule has 1 N–H and O–H groups in total. The third-order valence-corrected chi connectivity index (χ3v) is 5.85. The molecule has 0 atom stereocenters. The number of piperidine rings is 1. The summed E-state index contributed by atoms with van der Waals surface area (Å²) in [5.74, 6) is 1.20. The number of carbonyl (C=O) groups excluding carboxylic acids is 1. The average molecular weight is 430 g/mol. The second-order valence-corrected chi connectivity index (χ2v) is 7.90. The number of aryl methyl sites for hydroxylation is 1. The molecule has 1 aliphatic heterocycles. The predicted molar refractivity (Wildman–Crippen MR) is 117 cm³/mol. The fourth-order valence-corrected chi connectivity index (χ4v) is 4.12. The van der Waals surface area contributed by atoms with Crippen LogP contribution in [-0.2, 0) is 11.2 Å². The Hall–Kier alpha value is -3.88. The van der Waals surface area contributed by atoms with Crippen LogP contribution in [0.25, 0.3) is 22.3 Å². The molecule has 162 valence electrons. The van der Waals surface area contributed by atoms with E-state index in [1.54, 1.807) is 18.6 Å².